The van der Waals surface area contributed by atoms with E-state index in [0.29, 0.717) is 18.6 Å². The summed E-state index contributed by atoms with van der Waals surface area (Å²) in [6.45, 7) is 1.99. The van der Waals surface area contributed by atoms with E-state index in [1.54, 1.807) is 0 Å². The number of hydrogen-bond donors (Lipinski definition) is 1. The van der Waals surface area contributed by atoms with Crippen LogP contribution < -0.4 is 0 Å². The van der Waals surface area contributed by atoms with Crippen LogP contribution in [0.25, 0.3) is 0 Å². The number of carbonyl (C=O) groups is 3. The Bertz CT molecular complexity index is 267. The van der Waals surface area contributed by atoms with Gasteiger partial charge in [0.05, 0.1) is 0 Å². The molecule has 0 saturated heterocycles. The van der Waals surface area contributed by atoms with Crippen molar-refractivity contribution in [2.45, 2.75) is 32.6 Å². The van der Waals surface area contributed by atoms with Crippen LogP contribution in [0.4, 0.5) is 0 Å². The van der Waals surface area contributed by atoms with Crippen LogP contribution in [0.2, 0.25) is 0 Å². The minimum absolute atomic E-state index is 0.181. The summed E-state index contributed by atoms with van der Waals surface area (Å²) in [7, 11) is 0. The van der Waals surface area contributed by atoms with E-state index in [4.69, 9.17) is 5.11 Å². The zero-order valence-electron chi connectivity index (χ0n) is 8.56. The van der Waals surface area contributed by atoms with Gasteiger partial charge in [-0.3, -0.25) is 4.79 Å². The predicted molar refractivity (Wildman–Crippen MR) is 52.0 cm³/mol. The van der Waals surface area contributed by atoms with Crippen molar-refractivity contribution in [1.82, 2.24) is 0 Å². The molecule has 0 aromatic carbocycles. The van der Waals surface area contributed by atoms with Gasteiger partial charge < -0.3 is 9.84 Å². The Morgan fingerprint density at radius 1 is 1.20 bits per heavy atom. The van der Waals surface area contributed by atoms with Crippen LogP contribution in [0.1, 0.15) is 32.6 Å². The Labute approximate surface area is 87.7 Å². The number of unbranched alkanes of at least 4 members (excludes halogenated alkanes) is 2. The molecule has 0 aromatic heterocycles. The third-order valence-corrected chi connectivity index (χ3v) is 1.56. The topological polar surface area (TPSA) is 80.7 Å². The van der Waals surface area contributed by atoms with Crippen molar-refractivity contribution in [3.05, 3.63) is 12.2 Å². The molecule has 0 unspecified atom stereocenters. The Hall–Kier alpha value is -1.65. The van der Waals surface area contributed by atoms with Crippen LogP contribution in [-0.2, 0) is 19.1 Å². The van der Waals surface area contributed by atoms with Gasteiger partial charge in [-0.15, -0.1) is 0 Å². The molecule has 0 amide bonds. The average Bonchev–Trinajstić information content (AvgIpc) is 2.15. The van der Waals surface area contributed by atoms with Crippen molar-refractivity contribution in [2.75, 3.05) is 0 Å². The molecule has 0 bridgehead atoms. The van der Waals surface area contributed by atoms with Crippen molar-refractivity contribution < 1.29 is 24.2 Å². The maximum atomic E-state index is 10.9. The van der Waals surface area contributed by atoms with E-state index < -0.39 is 17.9 Å². The third-order valence-electron chi connectivity index (χ3n) is 1.56. The molecule has 0 fully saturated rings. The maximum Gasteiger partial charge on any atom is 0.338 e. The van der Waals surface area contributed by atoms with Crippen molar-refractivity contribution >= 4 is 17.9 Å². The highest BCUT2D eigenvalue weighted by atomic mass is 16.6. The number of esters is 2. The molecule has 84 valence electrons. The largest absolute Gasteiger partial charge is 0.478 e. The molecule has 15 heavy (non-hydrogen) atoms. The molecule has 0 aromatic rings. The predicted octanol–water partition coefficient (Wildman–Crippen LogP) is 1.28. The molecule has 0 radical (unpaired) electrons. The van der Waals surface area contributed by atoms with Crippen LogP contribution in [-0.4, -0.2) is 23.0 Å². The van der Waals surface area contributed by atoms with E-state index >= 15 is 0 Å². The first-order valence-corrected chi connectivity index (χ1v) is 4.72. The molecule has 0 rings (SSSR count). The fraction of sp³-hybridized carbons (Fsp3) is 0.500. The second-order valence-electron chi connectivity index (χ2n) is 2.92. The SMILES string of the molecule is CCCCCC(=O)OC(=O)/C=C\C(=O)O. The first kappa shape index (κ1) is 13.4. The van der Waals surface area contributed by atoms with E-state index in [2.05, 4.69) is 4.74 Å². The molecule has 0 aliphatic rings. The number of carbonyl (C=O) groups excluding carboxylic acids is 2. The smallest absolute Gasteiger partial charge is 0.338 e. The number of carboxylic acids is 1. The minimum Gasteiger partial charge on any atom is -0.478 e. The van der Waals surface area contributed by atoms with Gasteiger partial charge in [-0.05, 0) is 6.42 Å². The van der Waals surface area contributed by atoms with Crippen LogP contribution in [0.15, 0.2) is 12.2 Å². The molecule has 0 heterocycles. The normalized spacial score (nSPS) is 10.2. The molecule has 0 aliphatic carbocycles. The fourth-order valence-corrected chi connectivity index (χ4v) is 0.856. The zero-order valence-corrected chi connectivity index (χ0v) is 8.56. The molecule has 5 nitrogen and oxygen atoms in total. The lowest BCUT2D eigenvalue weighted by molar-refractivity contribution is -0.156. The zero-order chi connectivity index (χ0) is 11.7. The lowest BCUT2D eigenvalue weighted by Crippen LogP contribution is -2.10. The molecule has 0 aliphatic heterocycles. The standard InChI is InChI=1S/C10H14O5/c1-2-3-4-5-9(13)15-10(14)7-6-8(11)12/h6-7H,2-5H2,1H3,(H,11,12)/b7-6-. The van der Waals surface area contributed by atoms with E-state index in [9.17, 15) is 14.4 Å². The summed E-state index contributed by atoms with van der Waals surface area (Å²) >= 11 is 0. The van der Waals surface area contributed by atoms with Gasteiger partial charge in [-0.2, -0.15) is 0 Å². The Morgan fingerprint density at radius 2 is 1.87 bits per heavy atom. The number of hydrogen-bond acceptors (Lipinski definition) is 4. The molecule has 0 atom stereocenters. The van der Waals surface area contributed by atoms with Gasteiger partial charge in [0, 0.05) is 18.6 Å². The summed E-state index contributed by atoms with van der Waals surface area (Å²) in [6, 6.07) is 0. The van der Waals surface area contributed by atoms with E-state index in [1.807, 2.05) is 6.92 Å². The summed E-state index contributed by atoms with van der Waals surface area (Å²) in [4.78, 5) is 31.8. The second-order valence-corrected chi connectivity index (χ2v) is 2.92. The first-order chi connectivity index (χ1) is 7.06. The highest BCUT2D eigenvalue weighted by Gasteiger charge is 2.07. The number of ether oxygens (including phenoxy) is 1. The molecule has 0 spiro atoms. The van der Waals surface area contributed by atoms with Gasteiger partial charge in [0.2, 0.25) is 0 Å². The Kier molecular flexibility index (Phi) is 6.88. The molecule has 5 heteroatoms. The summed E-state index contributed by atoms with van der Waals surface area (Å²) < 4.78 is 4.32. The van der Waals surface area contributed by atoms with Gasteiger partial charge in [-0.1, -0.05) is 19.8 Å². The quantitative estimate of drug-likeness (QED) is 0.312. The van der Waals surface area contributed by atoms with Crippen molar-refractivity contribution in [1.29, 1.82) is 0 Å². The summed E-state index contributed by atoms with van der Waals surface area (Å²) in [5, 5.41) is 8.19. The summed E-state index contributed by atoms with van der Waals surface area (Å²) in [6.07, 6.45) is 4.06. The minimum atomic E-state index is -1.26. The van der Waals surface area contributed by atoms with Gasteiger partial charge in [0.15, 0.2) is 0 Å². The molecule has 1 N–H and O–H groups in total. The second kappa shape index (κ2) is 7.73. The monoisotopic (exact) mass is 214 g/mol. The van der Waals surface area contributed by atoms with Crippen LogP contribution in [0.3, 0.4) is 0 Å². The van der Waals surface area contributed by atoms with Crippen molar-refractivity contribution in [3.8, 4) is 0 Å². The number of aliphatic carboxylic acids is 1. The van der Waals surface area contributed by atoms with Crippen LogP contribution in [0, 0.1) is 0 Å². The van der Waals surface area contributed by atoms with Gasteiger partial charge >= 0.3 is 17.9 Å². The van der Waals surface area contributed by atoms with E-state index in [1.165, 1.54) is 0 Å². The van der Waals surface area contributed by atoms with Crippen LogP contribution in [0.5, 0.6) is 0 Å². The average molecular weight is 214 g/mol. The molecule has 0 saturated carbocycles. The number of carboxylic acid groups (broad SMARTS) is 1. The molecular weight excluding hydrogens is 200 g/mol. The first-order valence-electron chi connectivity index (χ1n) is 4.72. The van der Waals surface area contributed by atoms with Gasteiger partial charge in [-0.25, -0.2) is 9.59 Å². The van der Waals surface area contributed by atoms with E-state index in [-0.39, 0.29) is 6.42 Å². The Balaban J connectivity index is 3.76. The number of rotatable bonds is 6. The Morgan fingerprint density at radius 3 is 2.40 bits per heavy atom. The molecular formula is C10H14O5. The lowest BCUT2D eigenvalue weighted by Gasteiger charge is -1.98. The highest BCUT2D eigenvalue weighted by Crippen LogP contribution is 2.00. The van der Waals surface area contributed by atoms with Crippen molar-refractivity contribution in [2.24, 2.45) is 0 Å². The summed E-state index contributed by atoms with van der Waals surface area (Å²) in [5.74, 6) is -2.83. The van der Waals surface area contributed by atoms with Gasteiger partial charge in [0.1, 0.15) is 0 Å². The summed E-state index contributed by atoms with van der Waals surface area (Å²) in [5.41, 5.74) is 0. The fourth-order valence-electron chi connectivity index (χ4n) is 0.856. The van der Waals surface area contributed by atoms with Crippen molar-refractivity contribution in [3.63, 3.8) is 0 Å². The lowest BCUT2D eigenvalue weighted by atomic mass is 10.2. The maximum absolute atomic E-state index is 10.9. The third kappa shape index (κ3) is 8.67. The van der Waals surface area contributed by atoms with Gasteiger partial charge in [0.25, 0.3) is 0 Å². The van der Waals surface area contributed by atoms with E-state index in [0.717, 1.165) is 12.8 Å². The highest BCUT2D eigenvalue weighted by molar-refractivity contribution is 5.95. The van der Waals surface area contributed by atoms with Crippen LogP contribution >= 0.6 is 0 Å².